The number of imidazole rings is 1. The molecule has 7 heteroatoms. The Kier molecular flexibility index (Phi) is 3.98. The summed E-state index contributed by atoms with van der Waals surface area (Å²) in [5, 5.41) is 7.28. The van der Waals surface area contributed by atoms with Crippen molar-refractivity contribution in [2.45, 2.75) is 38.6 Å². The van der Waals surface area contributed by atoms with Crippen LogP contribution in [-0.4, -0.2) is 31.2 Å². The van der Waals surface area contributed by atoms with Crippen molar-refractivity contribution < 1.29 is 4.52 Å². The van der Waals surface area contributed by atoms with E-state index in [4.69, 9.17) is 9.51 Å². The third kappa shape index (κ3) is 3.29. The van der Waals surface area contributed by atoms with Gasteiger partial charge in [-0.25, -0.2) is 15.0 Å². The number of nitrogens with one attached hydrogen (secondary N) is 1. The number of hydrogen-bond donors (Lipinski definition) is 1. The highest BCUT2D eigenvalue weighted by Gasteiger charge is 2.29. The molecule has 1 saturated carbocycles. The molecule has 0 aliphatic heterocycles. The molecular weight excluding hydrogens is 304 g/mol. The fourth-order valence-electron chi connectivity index (χ4n) is 2.71. The van der Waals surface area contributed by atoms with E-state index in [9.17, 15) is 0 Å². The van der Waals surface area contributed by atoms with E-state index in [2.05, 4.69) is 25.0 Å². The van der Waals surface area contributed by atoms with Gasteiger partial charge in [-0.05, 0) is 26.2 Å². The van der Waals surface area contributed by atoms with Gasteiger partial charge in [0.15, 0.2) is 5.76 Å². The van der Waals surface area contributed by atoms with Crippen LogP contribution in [0.2, 0.25) is 0 Å². The fraction of sp³-hybridized carbons (Fsp3) is 0.412. The maximum Gasteiger partial charge on any atom is 0.222 e. The van der Waals surface area contributed by atoms with Crippen LogP contribution in [-0.2, 0) is 6.54 Å². The molecule has 0 amide bonds. The van der Waals surface area contributed by atoms with E-state index in [1.54, 1.807) is 6.20 Å². The molecule has 3 heterocycles. The average molecular weight is 324 g/mol. The van der Waals surface area contributed by atoms with Crippen molar-refractivity contribution in [2.75, 3.05) is 11.9 Å². The van der Waals surface area contributed by atoms with Gasteiger partial charge >= 0.3 is 0 Å². The van der Waals surface area contributed by atoms with Crippen molar-refractivity contribution in [2.24, 2.45) is 0 Å². The molecule has 0 atom stereocenters. The minimum Gasteiger partial charge on any atom is -0.356 e. The molecule has 4 rings (SSSR count). The van der Waals surface area contributed by atoms with Gasteiger partial charge in [-0.1, -0.05) is 5.16 Å². The maximum absolute atomic E-state index is 5.39. The minimum atomic E-state index is 0.514. The Balaban J connectivity index is 1.43. The lowest BCUT2D eigenvalue weighted by atomic mass is 10.1. The molecule has 124 valence electrons. The predicted octanol–water partition coefficient (Wildman–Crippen LogP) is 3.02. The molecule has 0 saturated heterocycles. The summed E-state index contributed by atoms with van der Waals surface area (Å²) in [6.45, 7) is 3.67. The highest BCUT2D eigenvalue weighted by atomic mass is 16.5. The summed E-state index contributed by atoms with van der Waals surface area (Å²) in [5.74, 6) is 1.95. The molecule has 7 nitrogen and oxygen atoms in total. The molecule has 0 unspecified atom stereocenters. The minimum absolute atomic E-state index is 0.514. The summed E-state index contributed by atoms with van der Waals surface area (Å²) in [6, 6.07) is 1.93. The summed E-state index contributed by atoms with van der Waals surface area (Å²) in [6.07, 6.45) is 10.8. The highest BCUT2D eigenvalue weighted by molar-refractivity contribution is 5.61. The second-order valence-corrected chi connectivity index (χ2v) is 6.18. The first-order chi connectivity index (χ1) is 11.8. The molecule has 1 fully saturated rings. The number of aryl methyl sites for hydroxylation is 2. The zero-order chi connectivity index (χ0) is 16.4. The van der Waals surface area contributed by atoms with Crippen LogP contribution in [0.3, 0.4) is 0 Å². The van der Waals surface area contributed by atoms with Crippen LogP contribution in [0.25, 0.3) is 11.3 Å². The van der Waals surface area contributed by atoms with Crippen LogP contribution in [0.1, 0.15) is 36.6 Å². The van der Waals surface area contributed by atoms with Gasteiger partial charge in [-0.3, -0.25) is 0 Å². The van der Waals surface area contributed by atoms with Gasteiger partial charge in [0.05, 0.1) is 23.3 Å². The molecule has 1 aliphatic rings. The fourth-order valence-corrected chi connectivity index (χ4v) is 2.71. The van der Waals surface area contributed by atoms with Gasteiger partial charge in [-0.15, -0.1) is 0 Å². The Morgan fingerprint density at radius 3 is 3.00 bits per heavy atom. The summed E-state index contributed by atoms with van der Waals surface area (Å²) in [4.78, 5) is 13.2. The Hall–Kier alpha value is -2.70. The third-order valence-corrected chi connectivity index (χ3v) is 4.11. The molecule has 0 aromatic carbocycles. The lowest BCUT2D eigenvalue weighted by Gasteiger charge is -2.09. The second kappa shape index (κ2) is 6.43. The number of hydrogen-bond acceptors (Lipinski definition) is 6. The number of rotatable bonds is 7. The van der Waals surface area contributed by atoms with E-state index in [0.717, 1.165) is 42.2 Å². The van der Waals surface area contributed by atoms with Crippen molar-refractivity contribution in [3.63, 3.8) is 0 Å². The van der Waals surface area contributed by atoms with Crippen LogP contribution in [0, 0.1) is 6.92 Å². The summed E-state index contributed by atoms with van der Waals surface area (Å²) in [5.41, 5.74) is 2.90. The van der Waals surface area contributed by atoms with Crippen LogP contribution in [0.15, 0.2) is 35.5 Å². The lowest BCUT2D eigenvalue weighted by molar-refractivity contribution is 0.426. The van der Waals surface area contributed by atoms with Crippen LogP contribution >= 0.6 is 0 Å². The zero-order valence-corrected chi connectivity index (χ0v) is 13.6. The summed E-state index contributed by atoms with van der Waals surface area (Å²) in [7, 11) is 0. The van der Waals surface area contributed by atoms with Gasteiger partial charge in [-0.2, -0.15) is 0 Å². The van der Waals surface area contributed by atoms with Gasteiger partial charge in [0.2, 0.25) is 5.95 Å². The van der Waals surface area contributed by atoms with E-state index in [0.29, 0.717) is 11.9 Å². The van der Waals surface area contributed by atoms with Crippen molar-refractivity contribution >= 4 is 5.95 Å². The molecule has 1 N–H and O–H groups in total. The van der Waals surface area contributed by atoms with E-state index < -0.39 is 0 Å². The van der Waals surface area contributed by atoms with Crippen molar-refractivity contribution in [3.05, 3.63) is 42.4 Å². The largest absolute Gasteiger partial charge is 0.356 e. The van der Waals surface area contributed by atoms with Crippen LogP contribution in [0.4, 0.5) is 5.95 Å². The standard InChI is InChI=1S/C17H20N6O/c1-12-9-15(24-22-12)14-10-20-17(21-16(14)13-3-4-13)19-5-2-7-23-8-6-18-11-23/h6,8-11,13H,2-5,7H2,1H3,(H,19,20,21). The first-order valence-electron chi connectivity index (χ1n) is 8.30. The number of anilines is 1. The third-order valence-electron chi connectivity index (χ3n) is 4.11. The molecule has 24 heavy (non-hydrogen) atoms. The normalized spacial score (nSPS) is 14.0. The predicted molar refractivity (Wildman–Crippen MR) is 89.6 cm³/mol. The quantitative estimate of drug-likeness (QED) is 0.673. The van der Waals surface area contributed by atoms with E-state index in [1.165, 1.54) is 12.8 Å². The molecule has 0 radical (unpaired) electrons. The Morgan fingerprint density at radius 1 is 1.38 bits per heavy atom. The SMILES string of the molecule is Cc1cc(-c2cnc(NCCCn3ccnc3)nc2C2CC2)on1. The number of nitrogens with zero attached hydrogens (tertiary/aromatic N) is 5. The Bertz CT molecular complexity index is 806. The smallest absolute Gasteiger partial charge is 0.222 e. The first-order valence-corrected chi connectivity index (χ1v) is 8.30. The topological polar surface area (TPSA) is 81.7 Å². The molecule has 3 aromatic heterocycles. The molecule has 0 bridgehead atoms. The maximum atomic E-state index is 5.39. The second-order valence-electron chi connectivity index (χ2n) is 6.18. The molecule has 1 aliphatic carbocycles. The number of aromatic nitrogens is 5. The highest BCUT2D eigenvalue weighted by Crippen LogP contribution is 2.43. The zero-order valence-electron chi connectivity index (χ0n) is 13.6. The van der Waals surface area contributed by atoms with E-state index in [-0.39, 0.29) is 0 Å². The summed E-state index contributed by atoms with van der Waals surface area (Å²) >= 11 is 0. The van der Waals surface area contributed by atoms with Crippen LogP contribution < -0.4 is 5.32 Å². The van der Waals surface area contributed by atoms with Crippen LogP contribution in [0.5, 0.6) is 0 Å². The van der Waals surface area contributed by atoms with Gasteiger partial charge in [0, 0.05) is 43.7 Å². The Morgan fingerprint density at radius 2 is 2.29 bits per heavy atom. The van der Waals surface area contributed by atoms with Gasteiger partial charge in [0.25, 0.3) is 0 Å². The average Bonchev–Trinajstić information content (AvgIpc) is 3.14. The van der Waals surface area contributed by atoms with Crippen molar-refractivity contribution in [3.8, 4) is 11.3 Å². The summed E-state index contributed by atoms with van der Waals surface area (Å²) < 4.78 is 7.45. The Labute approximate surface area is 140 Å². The monoisotopic (exact) mass is 324 g/mol. The van der Waals surface area contributed by atoms with Crippen molar-refractivity contribution in [1.29, 1.82) is 0 Å². The van der Waals surface area contributed by atoms with Gasteiger partial charge < -0.3 is 14.4 Å². The lowest BCUT2D eigenvalue weighted by Crippen LogP contribution is -2.09. The van der Waals surface area contributed by atoms with Crippen molar-refractivity contribution in [1.82, 2.24) is 24.7 Å². The molecule has 3 aromatic rings. The first kappa shape index (κ1) is 14.9. The van der Waals surface area contributed by atoms with E-state index in [1.807, 2.05) is 31.7 Å². The molecular formula is C17H20N6O. The van der Waals surface area contributed by atoms with Gasteiger partial charge in [0.1, 0.15) is 0 Å². The molecule has 0 spiro atoms. The van der Waals surface area contributed by atoms with E-state index >= 15 is 0 Å².